The van der Waals surface area contributed by atoms with Gasteiger partial charge in [-0.1, -0.05) is 63.9 Å². The van der Waals surface area contributed by atoms with E-state index in [9.17, 15) is 19.5 Å². The Kier molecular flexibility index (Phi) is 11.2. The first-order valence-corrected chi connectivity index (χ1v) is 18.1. The van der Waals surface area contributed by atoms with Crippen molar-refractivity contribution in [2.75, 3.05) is 7.11 Å². The van der Waals surface area contributed by atoms with Crippen LogP contribution in [0.3, 0.4) is 0 Å². The minimum atomic E-state index is -1.19. The summed E-state index contributed by atoms with van der Waals surface area (Å²) in [5, 5.41) is 13.0. The van der Waals surface area contributed by atoms with Crippen LogP contribution < -0.4 is 19.5 Å². The molecular weight excluding hydrogens is 656 g/mol. The highest BCUT2D eigenvalue weighted by atomic mass is 16.5. The third kappa shape index (κ3) is 9.12. The fraction of sp³-hybridized carbons (Fsp3) is 0.372. The van der Waals surface area contributed by atoms with Crippen molar-refractivity contribution in [3.63, 3.8) is 0 Å². The van der Waals surface area contributed by atoms with Gasteiger partial charge in [0.25, 0.3) is 0 Å². The number of carbonyl (C=O) groups excluding carboxylic acids is 2. The molecule has 1 aliphatic carbocycles. The highest BCUT2D eigenvalue weighted by Gasteiger charge is 2.37. The van der Waals surface area contributed by atoms with E-state index in [-0.39, 0.29) is 30.7 Å². The SMILES string of the molecule is COc1ccc(Oc2ccc(C[C@H](NC(=O)[C@@H]3Cc4cc(Oc5ccc(C(C)(C)C)cc5)ccc4CN3C(=O)CC3CCCC3)C(=O)O)cc2)cc1. The third-order valence-corrected chi connectivity index (χ3v) is 10.1. The number of hydrogen-bond acceptors (Lipinski definition) is 6. The molecule has 0 bridgehead atoms. The number of carboxylic acids is 1. The van der Waals surface area contributed by atoms with Crippen LogP contribution in [0.2, 0.25) is 0 Å². The first-order valence-electron chi connectivity index (χ1n) is 18.1. The van der Waals surface area contributed by atoms with Gasteiger partial charge in [0.15, 0.2) is 0 Å². The Hall–Kier alpha value is -5.31. The van der Waals surface area contributed by atoms with Gasteiger partial charge in [0.1, 0.15) is 40.8 Å². The van der Waals surface area contributed by atoms with Gasteiger partial charge < -0.3 is 29.5 Å². The van der Waals surface area contributed by atoms with Crippen LogP contribution in [-0.4, -0.2) is 47.0 Å². The topological polar surface area (TPSA) is 114 Å². The maximum absolute atomic E-state index is 14.0. The third-order valence-electron chi connectivity index (χ3n) is 10.1. The van der Waals surface area contributed by atoms with Gasteiger partial charge in [0, 0.05) is 25.8 Å². The quantitative estimate of drug-likeness (QED) is 0.153. The standard InChI is InChI=1S/C43H48N2O7/c1-43(2,3)32-12-17-35(18-13-32)52-37-16-11-30-27-45(40(46)24-28-7-5-6-8-28)39(26-31(30)25-37)41(47)44-38(42(48)49)23-29-9-14-34(15-10-29)51-36-21-19-33(50-4)20-22-36/h9-22,25,28,38-39H,5-8,23-24,26-27H2,1-4H3,(H,44,47)(H,48,49)/t38-,39-/m0/s1. The summed E-state index contributed by atoms with van der Waals surface area (Å²) in [6.07, 6.45) is 4.95. The van der Waals surface area contributed by atoms with E-state index < -0.39 is 24.0 Å². The van der Waals surface area contributed by atoms with Crippen LogP contribution in [0.15, 0.2) is 91.0 Å². The zero-order chi connectivity index (χ0) is 36.8. The van der Waals surface area contributed by atoms with E-state index in [4.69, 9.17) is 14.2 Å². The summed E-state index contributed by atoms with van der Waals surface area (Å²) in [6, 6.07) is 26.1. The second-order valence-corrected chi connectivity index (χ2v) is 14.9. The van der Waals surface area contributed by atoms with Crippen molar-refractivity contribution in [1.82, 2.24) is 10.2 Å². The number of nitrogens with one attached hydrogen (secondary N) is 1. The number of benzene rings is 4. The first-order chi connectivity index (χ1) is 24.9. The fourth-order valence-corrected chi connectivity index (χ4v) is 7.03. The summed E-state index contributed by atoms with van der Waals surface area (Å²) in [7, 11) is 1.60. The van der Waals surface area contributed by atoms with Crippen LogP contribution >= 0.6 is 0 Å². The molecule has 2 amide bonds. The van der Waals surface area contributed by atoms with E-state index in [1.54, 1.807) is 60.5 Å². The molecular formula is C43H48N2O7. The van der Waals surface area contributed by atoms with Crippen LogP contribution in [0.4, 0.5) is 0 Å². The summed E-state index contributed by atoms with van der Waals surface area (Å²) in [6.45, 7) is 6.76. The first kappa shape index (κ1) is 36.5. The maximum Gasteiger partial charge on any atom is 0.326 e. The van der Waals surface area contributed by atoms with E-state index in [0.29, 0.717) is 35.3 Å². The van der Waals surface area contributed by atoms with Crippen molar-refractivity contribution in [2.45, 2.75) is 89.8 Å². The predicted octanol–water partition coefficient (Wildman–Crippen LogP) is 8.22. The number of fused-ring (bicyclic) bond motifs is 1. The Morgan fingerprint density at radius 2 is 1.35 bits per heavy atom. The Bertz CT molecular complexity index is 1860. The number of methoxy groups -OCH3 is 1. The lowest BCUT2D eigenvalue weighted by atomic mass is 9.87. The Balaban J connectivity index is 1.17. The molecule has 52 heavy (non-hydrogen) atoms. The summed E-state index contributed by atoms with van der Waals surface area (Å²) < 4.78 is 17.3. The van der Waals surface area contributed by atoms with Crippen molar-refractivity contribution in [3.05, 3.63) is 113 Å². The van der Waals surface area contributed by atoms with Gasteiger partial charge in [-0.05, 0) is 107 Å². The minimum absolute atomic E-state index is 0.0264. The van der Waals surface area contributed by atoms with Crippen molar-refractivity contribution >= 4 is 17.8 Å². The van der Waals surface area contributed by atoms with E-state index in [1.165, 1.54) is 5.56 Å². The highest BCUT2D eigenvalue weighted by Crippen LogP contribution is 2.34. The second kappa shape index (κ2) is 15.9. The number of ether oxygens (including phenoxy) is 3. The molecule has 0 unspecified atom stereocenters. The van der Waals surface area contributed by atoms with Crippen LogP contribution in [0.25, 0.3) is 0 Å². The summed E-state index contributed by atoms with van der Waals surface area (Å²) in [4.78, 5) is 41.9. The van der Waals surface area contributed by atoms with E-state index in [1.807, 2.05) is 30.3 Å². The largest absolute Gasteiger partial charge is 0.497 e. The molecule has 0 radical (unpaired) electrons. The smallest absolute Gasteiger partial charge is 0.326 e. The average Bonchev–Trinajstić information content (AvgIpc) is 3.64. The second-order valence-electron chi connectivity index (χ2n) is 14.9. The number of amides is 2. The molecule has 0 aromatic heterocycles. The predicted molar refractivity (Wildman–Crippen MR) is 199 cm³/mol. The molecule has 9 nitrogen and oxygen atoms in total. The van der Waals surface area contributed by atoms with E-state index >= 15 is 0 Å². The maximum atomic E-state index is 14.0. The molecule has 1 fully saturated rings. The van der Waals surface area contributed by atoms with Gasteiger partial charge in [0.05, 0.1) is 7.11 Å². The molecule has 2 N–H and O–H groups in total. The van der Waals surface area contributed by atoms with Gasteiger partial charge in [0.2, 0.25) is 11.8 Å². The van der Waals surface area contributed by atoms with Crippen LogP contribution in [-0.2, 0) is 39.2 Å². The fourth-order valence-electron chi connectivity index (χ4n) is 7.03. The average molecular weight is 705 g/mol. The molecule has 0 spiro atoms. The minimum Gasteiger partial charge on any atom is -0.497 e. The Labute approximate surface area is 305 Å². The van der Waals surface area contributed by atoms with Crippen molar-refractivity contribution < 1.29 is 33.7 Å². The van der Waals surface area contributed by atoms with Gasteiger partial charge in [-0.3, -0.25) is 9.59 Å². The zero-order valence-corrected chi connectivity index (χ0v) is 30.4. The summed E-state index contributed by atoms with van der Waals surface area (Å²) in [5.41, 5.74) is 3.80. The molecule has 1 aliphatic heterocycles. The van der Waals surface area contributed by atoms with E-state index in [2.05, 4.69) is 38.2 Å². The van der Waals surface area contributed by atoms with Gasteiger partial charge in [-0.15, -0.1) is 0 Å². The lowest BCUT2D eigenvalue weighted by molar-refractivity contribution is -0.145. The zero-order valence-electron chi connectivity index (χ0n) is 30.4. The number of carboxylic acid groups (broad SMARTS) is 1. The molecule has 2 aliphatic rings. The van der Waals surface area contributed by atoms with E-state index in [0.717, 1.165) is 48.1 Å². The number of hydrogen-bond donors (Lipinski definition) is 2. The molecule has 6 rings (SSSR count). The van der Waals surface area contributed by atoms with Gasteiger partial charge >= 0.3 is 5.97 Å². The Morgan fingerprint density at radius 3 is 1.94 bits per heavy atom. The summed E-state index contributed by atoms with van der Waals surface area (Å²) in [5.74, 6) is 1.89. The molecule has 1 saturated carbocycles. The molecule has 0 saturated heterocycles. The van der Waals surface area contributed by atoms with Crippen molar-refractivity contribution in [3.8, 4) is 28.7 Å². The van der Waals surface area contributed by atoms with Crippen LogP contribution in [0.1, 0.15) is 75.1 Å². The van der Waals surface area contributed by atoms with Crippen LogP contribution in [0.5, 0.6) is 28.7 Å². The molecule has 1 heterocycles. The lowest BCUT2D eigenvalue weighted by Gasteiger charge is -2.37. The van der Waals surface area contributed by atoms with Gasteiger partial charge in [-0.25, -0.2) is 4.79 Å². The van der Waals surface area contributed by atoms with Crippen molar-refractivity contribution in [2.24, 2.45) is 5.92 Å². The highest BCUT2D eigenvalue weighted by molar-refractivity contribution is 5.91. The normalized spacial score (nSPS) is 16.5. The van der Waals surface area contributed by atoms with Crippen LogP contribution in [0, 0.1) is 5.92 Å². The molecule has 2 atom stereocenters. The summed E-state index contributed by atoms with van der Waals surface area (Å²) >= 11 is 0. The number of nitrogens with zero attached hydrogens (tertiary/aromatic N) is 1. The lowest BCUT2D eigenvalue weighted by Crippen LogP contribution is -2.56. The van der Waals surface area contributed by atoms with Crippen molar-refractivity contribution in [1.29, 1.82) is 0 Å². The monoisotopic (exact) mass is 704 g/mol. The molecule has 4 aromatic rings. The molecule has 9 heteroatoms. The Morgan fingerprint density at radius 1 is 0.788 bits per heavy atom. The molecule has 272 valence electrons. The number of rotatable bonds is 12. The van der Waals surface area contributed by atoms with Gasteiger partial charge in [-0.2, -0.15) is 0 Å². The number of carbonyl (C=O) groups is 3. The molecule has 4 aromatic carbocycles. The number of aliphatic carboxylic acids is 1.